The Morgan fingerprint density at radius 2 is 0.892 bits per heavy atom. The lowest BCUT2D eigenvalue weighted by molar-refractivity contribution is 0.0687. The van der Waals surface area contributed by atoms with Crippen LogP contribution in [-0.2, 0) is 32.9 Å². The van der Waals surface area contributed by atoms with Crippen molar-refractivity contribution in [2.24, 2.45) is 22.1 Å². The molecular formula is C62H74N12O7S2. The number of benzene rings is 4. The first-order valence-electron chi connectivity index (χ1n) is 28.1. The maximum Gasteiger partial charge on any atom is 0.354 e. The molecule has 6 aromatic rings. The topological polar surface area (TPSA) is 276 Å². The molecule has 4 aliphatic heterocycles. The van der Waals surface area contributed by atoms with Crippen molar-refractivity contribution in [3.63, 3.8) is 0 Å². The van der Waals surface area contributed by atoms with Crippen LogP contribution < -0.4 is 35.2 Å². The molecule has 19 nitrogen and oxygen atoms in total. The van der Waals surface area contributed by atoms with Gasteiger partial charge in [0, 0.05) is 89.9 Å². The Morgan fingerprint density at radius 3 is 1.30 bits per heavy atom. The minimum atomic E-state index is -3.85. The number of rotatable bonds is 12. The highest BCUT2D eigenvalue weighted by Crippen LogP contribution is 2.32. The Balaban J connectivity index is 0.000000182. The molecule has 21 heteroatoms. The van der Waals surface area contributed by atoms with Crippen LogP contribution in [0.5, 0.6) is 0 Å². The SMILES string of the molecule is Cc1cc(C)c(C(=O)N2CCN(c3ccccc3S(N)(=O)=O)CC2)nc1CC1CCN(c2ccccc2C#N)CC1.Cc1cc(C)c(C(=O)O)nc1CC1CCN(c2ccccc2C#N)CC1.NS(=O)(=O)c1ccccc1N1CCNCC1. The summed E-state index contributed by atoms with van der Waals surface area (Å²) in [7, 11) is -7.50. The van der Waals surface area contributed by atoms with Crippen molar-refractivity contribution in [1.29, 1.82) is 10.5 Å². The second kappa shape index (κ2) is 27.4. The van der Waals surface area contributed by atoms with E-state index in [1.165, 1.54) is 6.07 Å². The molecule has 83 heavy (non-hydrogen) atoms. The molecule has 2 aromatic heterocycles. The lowest BCUT2D eigenvalue weighted by Crippen LogP contribution is -2.49. The summed E-state index contributed by atoms with van der Waals surface area (Å²) in [5, 5.41) is 41.9. The van der Waals surface area contributed by atoms with Crippen LogP contribution in [0, 0.1) is 62.2 Å². The van der Waals surface area contributed by atoms with Gasteiger partial charge in [0.15, 0.2) is 5.69 Å². The van der Waals surface area contributed by atoms with Gasteiger partial charge in [0.05, 0.1) is 33.9 Å². The van der Waals surface area contributed by atoms with Crippen LogP contribution >= 0.6 is 0 Å². The van der Waals surface area contributed by atoms with E-state index in [4.69, 9.17) is 15.3 Å². The van der Waals surface area contributed by atoms with Gasteiger partial charge in [-0.3, -0.25) is 4.79 Å². The number of pyridine rings is 2. The molecule has 4 aromatic carbocycles. The van der Waals surface area contributed by atoms with E-state index >= 15 is 0 Å². The average molecular weight is 1160 g/mol. The van der Waals surface area contributed by atoms with E-state index < -0.39 is 26.0 Å². The summed E-state index contributed by atoms with van der Waals surface area (Å²) in [6.07, 6.45) is 5.65. The summed E-state index contributed by atoms with van der Waals surface area (Å²) in [6.45, 7) is 16.6. The highest BCUT2D eigenvalue weighted by Gasteiger charge is 2.30. The van der Waals surface area contributed by atoms with Crippen molar-refractivity contribution in [1.82, 2.24) is 20.2 Å². The number of nitrogens with one attached hydrogen (secondary N) is 1. The first-order valence-corrected chi connectivity index (χ1v) is 31.2. The molecule has 6 heterocycles. The number of piperazine rings is 2. The molecule has 6 N–H and O–H groups in total. The Kier molecular flexibility index (Phi) is 20.2. The minimum Gasteiger partial charge on any atom is -0.477 e. The maximum atomic E-state index is 13.6. The molecule has 0 aliphatic carbocycles. The van der Waals surface area contributed by atoms with Crippen molar-refractivity contribution in [3.8, 4) is 12.1 Å². The number of nitrogens with two attached hydrogens (primary N) is 2. The summed E-state index contributed by atoms with van der Waals surface area (Å²) in [5.74, 6) is -0.117. The lowest BCUT2D eigenvalue weighted by Gasteiger charge is -2.37. The fraction of sp³-hybridized carbons (Fsp3) is 0.387. The molecule has 4 saturated heterocycles. The van der Waals surface area contributed by atoms with E-state index in [2.05, 4.69) is 45.2 Å². The third kappa shape index (κ3) is 15.4. The fourth-order valence-corrected chi connectivity index (χ4v) is 13.1. The number of nitrogens with zero attached hydrogens (tertiary/aromatic N) is 9. The van der Waals surface area contributed by atoms with Gasteiger partial charge < -0.3 is 34.9 Å². The Bertz CT molecular complexity index is 3610. The van der Waals surface area contributed by atoms with Crippen LogP contribution in [-0.4, -0.2) is 127 Å². The molecular weight excluding hydrogens is 1090 g/mol. The molecule has 0 unspecified atom stereocenters. The third-order valence-electron chi connectivity index (χ3n) is 16.1. The van der Waals surface area contributed by atoms with Gasteiger partial charge in [-0.25, -0.2) is 41.9 Å². The smallest absolute Gasteiger partial charge is 0.354 e. The number of carbonyl (C=O) groups excluding carboxylic acids is 1. The van der Waals surface area contributed by atoms with Crippen molar-refractivity contribution in [3.05, 3.63) is 165 Å². The van der Waals surface area contributed by atoms with Crippen LogP contribution in [0.3, 0.4) is 0 Å². The minimum absolute atomic E-state index is 0.0916. The zero-order valence-corrected chi connectivity index (χ0v) is 49.3. The molecule has 0 bridgehead atoms. The molecule has 436 valence electrons. The molecule has 1 amide bonds. The third-order valence-corrected chi connectivity index (χ3v) is 18.0. The van der Waals surface area contributed by atoms with E-state index in [0.717, 1.165) is 130 Å². The van der Waals surface area contributed by atoms with E-state index in [1.54, 1.807) is 48.2 Å². The second-order valence-electron chi connectivity index (χ2n) is 21.7. The number of aryl methyl sites for hydroxylation is 4. The predicted molar refractivity (Wildman–Crippen MR) is 323 cm³/mol. The van der Waals surface area contributed by atoms with Gasteiger partial charge in [-0.2, -0.15) is 10.5 Å². The first kappa shape index (κ1) is 61.2. The number of aromatic nitrogens is 2. The number of carboxylic acids is 1. The lowest BCUT2D eigenvalue weighted by atomic mass is 9.90. The number of primary sulfonamides is 2. The number of hydrogen-bond acceptors (Lipinski definition) is 15. The van der Waals surface area contributed by atoms with Gasteiger partial charge in [-0.05, 0) is 149 Å². The van der Waals surface area contributed by atoms with E-state index in [1.807, 2.05) is 84.3 Å². The number of amides is 1. The molecule has 0 atom stereocenters. The first-order chi connectivity index (χ1) is 39.7. The van der Waals surface area contributed by atoms with Crippen molar-refractivity contribution >= 4 is 54.7 Å². The Labute approximate surface area is 488 Å². The largest absolute Gasteiger partial charge is 0.477 e. The van der Waals surface area contributed by atoms with Crippen LogP contribution in [0.2, 0.25) is 0 Å². The number of anilines is 4. The number of nitriles is 2. The molecule has 0 spiro atoms. The molecule has 4 aliphatic rings. The van der Waals surface area contributed by atoms with Gasteiger partial charge >= 0.3 is 5.97 Å². The summed E-state index contributed by atoms with van der Waals surface area (Å²) in [5.41, 5.74) is 10.9. The number of piperidine rings is 2. The van der Waals surface area contributed by atoms with E-state index in [9.17, 15) is 42.1 Å². The van der Waals surface area contributed by atoms with Crippen LogP contribution in [0.4, 0.5) is 22.7 Å². The number of sulfonamides is 2. The summed E-state index contributed by atoms with van der Waals surface area (Å²) in [4.78, 5) is 44.9. The monoisotopic (exact) mass is 1160 g/mol. The predicted octanol–water partition coefficient (Wildman–Crippen LogP) is 7.11. The zero-order valence-electron chi connectivity index (χ0n) is 47.7. The standard InChI is InChI=1S/C31H36N6O3S.C21H23N3O2.C10H15N3O2S/c1-22-19-23(2)30(31(38)37-17-15-36(16-18-37)28-9-5-6-10-29(28)41(33,39)40)34-26(22)20-24-11-13-35(14-12-24)27-8-4-3-7-25(27)21-32;1-14-11-15(2)20(21(25)26)23-18(14)12-16-7-9-24(10-8-16)19-6-4-3-5-17(19)13-22;11-16(14,15)10-4-2-1-3-9(10)13-7-5-12-6-8-13/h3-10,19,24H,11-18,20H2,1-2H3,(H2,33,39,40);3-6,11,16H,7-10,12H2,1-2H3,(H,25,26);1-4,12H,5-8H2,(H2,11,14,15). The number of aromatic carboxylic acids is 1. The molecule has 0 saturated carbocycles. The summed E-state index contributed by atoms with van der Waals surface area (Å²) in [6, 6.07) is 37.6. The van der Waals surface area contributed by atoms with E-state index in [-0.39, 0.29) is 21.4 Å². The molecule has 10 rings (SSSR count). The fourth-order valence-electron chi connectivity index (χ4n) is 11.5. The summed E-state index contributed by atoms with van der Waals surface area (Å²) < 4.78 is 47.0. The molecule has 4 fully saturated rings. The second-order valence-corrected chi connectivity index (χ2v) is 24.8. The van der Waals surface area contributed by atoms with Gasteiger partial charge in [-0.15, -0.1) is 0 Å². The number of carboxylic acid groups (broad SMARTS) is 1. The van der Waals surface area contributed by atoms with Crippen LogP contribution in [0.25, 0.3) is 0 Å². The zero-order chi connectivity index (χ0) is 59.4. The Morgan fingerprint density at radius 1 is 0.530 bits per heavy atom. The normalized spacial score (nSPS) is 16.2. The van der Waals surface area contributed by atoms with Crippen molar-refractivity contribution < 1.29 is 31.5 Å². The number of carbonyl (C=O) groups is 2. The van der Waals surface area contributed by atoms with Gasteiger partial charge in [0.25, 0.3) is 5.91 Å². The average Bonchev–Trinajstić information content (AvgIpc) is 3.56. The van der Waals surface area contributed by atoms with E-state index in [0.29, 0.717) is 71.8 Å². The van der Waals surface area contributed by atoms with Crippen molar-refractivity contribution in [2.45, 2.75) is 76.0 Å². The Hall–Kier alpha value is -7.92. The van der Waals surface area contributed by atoms with Gasteiger partial charge in [-0.1, -0.05) is 60.7 Å². The highest BCUT2D eigenvalue weighted by atomic mass is 32.2. The summed E-state index contributed by atoms with van der Waals surface area (Å²) >= 11 is 0. The highest BCUT2D eigenvalue weighted by molar-refractivity contribution is 7.89. The van der Waals surface area contributed by atoms with Crippen LogP contribution in [0.1, 0.15) is 91.4 Å². The van der Waals surface area contributed by atoms with Crippen LogP contribution in [0.15, 0.2) is 119 Å². The molecule has 0 radical (unpaired) electrons. The maximum absolute atomic E-state index is 13.6. The van der Waals surface area contributed by atoms with Gasteiger partial charge in [0.2, 0.25) is 20.0 Å². The van der Waals surface area contributed by atoms with Crippen molar-refractivity contribution in [2.75, 3.05) is 98.1 Å². The number of para-hydroxylation sites is 4. The van der Waals surface area contributed by atoms with Gasteiger partial charge in [0.1, 0.15) is 27.6 Å². The quantitative estimate of drug-likeness (QED) is 0.0950. The number of hydrogen-bond donors (Lipinski definition) is 4.